The van der Waals surface area contributed by atoms with Gasteiger partial charge in [-0.15, -0.1) is 0 Å². The number of ether oxygens (including phenoxy) is 7. The summed E-state index contributed by atoms with van der Waals surface area (Å²) < 4.78 is 57.2. The zero-order chi connectivity index (χ0) is 48.0. The van der Waals surface area contributed by atoms with Crippen molar-refractivity contribution in [2.45, 2.75) is 155 Å². The maximum atomic E-state index is 13.9. The van der Waals surface area contributed by atoms with Crippen LogP contribution in [0, 0.1) is 5.92 Å². The van der Waals surface area contributed by atoms with E-state index in [4.69, 9.17) is 42.0 Å². The number of rotatable bonds is 20. The van der Waals surface area contributed by atoms with E-state index in [0.717, 1.165) is 6.04 Å². The molecule has 0 bridgehead atoms. The molecule has 1 unspecified atom stereocenters. The van der Waals surface area contributed by atoms with Gasteiger partial charge in [0.1, 0.15) is 17.4 Å². The van der Waals surface area contributed by atoms with Crippen molar-refractivity contribution < 1.29 is 46.8 Å². The normalized spacial score (nSPS) is 19.4. The lowest BCUT2D eigenvalue weighted by atomic mass is 9.99. The highest BCUT2D eigenvalue weighted by Crippen LogP contribution is 2.45. The highest BCUT2D eigenvalue weighted by atomic mass is 28.4. The van der Waals surface area contributed by atoms with E-state index in [1.54, 1.807) is 6.07 Å². The summed E-state index contributed by atoms with van der Waals surface area (Å²) in [6.45, 7) is 33.5. The standard InChI is InChI=1S/C52H78O10Si3/c1-37(38(2)61-65(51(6,7)8,39-24-19-17-20-25-39)40-26-21-18-22-27-40)30-31-43(62-64(15,16)50(3,4)5)48-42(59-52(9,10)60-48)29-23-28-41-46(49(53)55-32-33-63(12,13)14)44(56-35-54-11)34-45-47(41)58-36-57-45/h17-28,30-31,34,37-38,42-43,48H,29,32-33,35-36H2,1-16H3/b28-23+,31-30-/t37-,38+,42+,43?,48+/m1/s1. The lowest BCUT2D eigenvalue weighted by Crippen LogP contribution is -2.67. The maximum Gasteiger partial charge on any atom is 0.342 e. The van der Waals surface area contributed by atoms with Gasteiger partial charge in [-0.1, -0.05) is 153 Å². The molecule has 1 saturated heterocycles. The number of methoxy groups -OCH3 is 1. The fourth-order valence-corrected chi connectivity index (χ4v) is 14.8. The van der Waals surface area contributed by atoms with Gasteiger partial charge < -0.3 is 42.0 Å². The molecule has 0 aliphatic carbocycles. The zero-order valence-electron chi connectivity index (χ0n) is 42.2. The van der Waals surface area contributed by atoms with Crippen molar-refractivity contribution in [1.29, 1.82) is 0 Å². The molecule has 13 heteroatoms. The van der Waals surface area contributed by atoms with E-state index in [1.165, 1.54) is 17.5 Å². The van der Waals surface area contributed by atoms with Crippen LogP contribution in [0.1, 0.15) is 91.6 Å². The summed E-state index contributed by atoms with van der Waals surface area (Å²) in [6, 6.07) is 24.1. The highest BCUT2D eigenvalue weighted by Gasteiger charge is 2.52. The minimum absolute atomic E-state index is 0.0165. The second-order valence-corrected chi connectivity index (χ2v) is 36.4. The van der Waals surface area contributed by atoms with Crippen molar-refractivity contribution in [1.82, 2.24) is 0 Å². The molecule has 10 nitrogen and oxygen atoms in total. The Morgan fingerprint density at radius 2 is 1.46 bits per heavy atom. The summed E-state index contributed by atoms with van der Waals surface area (Å²) in [7, 11) is -5.09. The van der Waals surface area contributed by atoms with Gasteiger partial charge in [0.05, 0.1) is 18.8 Å². The Kier molecular flexibility index (Phi) is 17.1. The van der Waals surface area contributed by atoms with E-state index in [0.29, 0.717) is 35.8 Å². The first-order valence-electron chi connectivity index (χ1n) is 23.2. The molecule has 2 aliphatic rings. The first kappa shape index (κ1) is 52.4. The molecule has 2 heterocycles. The molecule has 0 spiro atoms. The van der Waals surface area contributed by atoms with Gasteiger partial charge in [0.25, 0.3) is 8.32 Å². The summed E-state index contributed by atoms with van der Waals surface area (Å²) in [5.41, 5.74) is 0.764. The minimum atomic E-state index is -2.80. The SMILES string of the molecule is COCOc1cc2c(c(/C=C/C[C@@H]3OC(C)(C)O[C@@H]3C(/C=C\[C@@H](C)[C@H](C)O[Si](c3ccccc3)(c3ccccc3)C(C)(C)C)O[Si](C)(C)C(C)(C)C)c1C(=O)OCC[Si](C)(C)C)OCO2. The van der Waals surface area contributed by atoms with Crippen LogP contribution in [0.2, 0.25) is 48.9 Å². The fraction of sp³-hybridized carbons (Fsp3) is 0.558. The zero-order valence-corrected chi connectivity index (χ0v) is 45.2. The van der Waals surface area contributed by atoms with Gasteiger partial charge in [-0.05, 0) is 72.7 Å². The molecule has 0 aromatic heterocycles. The van der Waals surface area contributed by atoms with Crippen molar-refractivity contribution in [3.8, 4) is 17.2 Å². The van der Waals surface area contributed by atoms with Crippen molar-refractivity contribution in [3.63, 3.8) is 0 Å². The molecule has 0 saturated carbocycles. The first-order chi connectivity index (χ1) is 30.3. The monoisotopic (exact) mass is 946 g/mol. The van der Waals surface area contributed by atoms with E-state index < -0.39 is 54.8 Å². The predicted molar refractivity (Wildman–Crippen MR) is 270 cm³/mol. The van der Waals surface area contributed by atoms with Gasteiger partial charge in [0, 0.05) is 32.9 Å². The fourth-order valence-electron chi connectivity index (χ4n) is 8.07. The Hall–Kier alpha value is -3.54. The molecule has 358 valence electrons. The van der Waals surface area contributed by atoms with Gasteiger partial charge in [-0.3, -0.25) is 0 Å². The third-order valence-corrected chi connectivity index (χ3v) is 24.2. The van der Waals surface area contributed by atoms with Crippen LogP contribution in [0.15, 0.2) is 85.0 Å². The largest absolute Gasteiger partial charge is 0.466 e. The van der Waals surface area contributed by atoms with Gasteiger partial charge in [-0.25, -0.2) is 4.79 Å². The number of hydrogen-bond donors (Lipinski definition) is 0. The Morgan fingerprint density at radius 3 is 2.02 bits per heavy atom. The van der Waals surface area contributed by atoms with Gasteiger partial charge in [0.2, 0.25) is 6.79 Å². The quantitative estimate of drug-likeness (QED) is 0.0471. The molecule has 3 aromatic carbocycles. The van der Waals surface area contributed by atoms with Crippen LogP contribution >= 0.6 is 0 Å². The van der Waals surface area contributed by atoms with Crippen molar-refractivity contribution >= 4 is 47.1 Å². The molecular weight excluding hydrogens is 869 g/mol. The van der Waals surface area contributed by atoms with Gasteiger partial charge in [-0.2, -0.15) is 0 Å². The molecule has 5 atom stereocenters. The molecular formula is C52H78O10Si3. The summed E-state index contributed by atoms with van der Waals surface area (Å²) in [4.78, 5) is 13.9. The van der Waals surface area contributed by atoms with Gasteiger partial charge >= 0.3 is 5.97 Å². The second-order valence-electron chi connectivity index (χ2n) is 21.7. The topological polar surface area (TPSA) is 100 Å². The third-order valence-electron chi connectivity index (χ3n) is 12.8. The number of hydrogen-bond acceptors (Lipinski definition) is 10. The molecule has 1 fully saturated rings. The summed E-state index contributed by atoms with van der Waals surface area (Å²) >= 11 is 0. The Labute approximate surface area is 393 Å². The lowest BCUT2D eigenvalue weighted by molar-refractivity contribution is -0.151. The molecule has 65 heavy (non-hydrogen) atoms. The minimum Gasteiger partial charge on any atom is -0.466 e. The smallest absolute Gasteiger partial charge is 0.342 e. The van der Waals surface area contributed by atoms with Crippen LogP contribution in [0.3, 0.4) is 0 Å². The molecule has 3 aromatic rings. The van der Waals surface area contributed by atoms with Crippen LogP contribution in [0.25, 0.3) is 6.08 Å². The van der Waals surface area contributed by atoms with E-state index in [9.17, 15) is 4.79 Å². The predicted octanol–water partition coefficient (Wildman–Crippen LogP) is 11.4. The van der Waals surface area contributed by atoms with E-state index in [1.807, 2.05) is 26.0 Å². The van der Waals surface area contributed by atoms with Crippen molar-refractivity contribution in [3.05, 3.63) is 96.1 Å². The van der Waals surface area contributed by atoms with Crippen molar-refractivity contribution in [2.24, 2.45) is 5.92 Å². The summed E-state index contributed by atoms with van der Waals surface area (Å²) in [5.74, 6) is -0.130. The van der Waals surface area contributed by atoms with Crippen LogP contribution in [0.4, 0.5) is 0 Å². The summed E-state index contributed by atoms with van der Waals surface area (Å²) in [5, 5.41) is 2.28. The second kappa shape index (κ2) is 21.2. The van der Waals surface area contributed by atoms with Crippen LogP contribution in [-0.4, -0.2) is 88.2 Å². The van der Waals surface area contributed by atoms with Crippen LogP contribution < -0.4 is 24.6 Å². The Morgan fingerprint density at radius 1 is 0.846 bits per heavy atom. The van der Waals surface area contributed by atoms with E-state index >= 15 is 0 Å². The number of fused-ring (bicyclic) bond motifs is 1. The van der Waals surface area contributed by atoms with Crippen molar-refractivity contribution in [2.75, 3.05) is 27.3 Å². The molecule has 0 radical (unpaired) electrons. The van der Waals surface area contributed by atoms with E-state index in [-0.39, 0.29) is 41.2 Å². The van der Waals surface area contributed by atoms with Gasteiger partial charge in [0.15, 0.2) is 32.4 Å². The Bertz CT molecular complexity index is 2040. The number of carbonyl (C=O) groups excluding carboxylic acids is 1. The van der Waals surface area contributed by atoms with Crippen LogP contribution in [-0.2, 0) is 27.8 Å². The average Bonchev–Trinajstić information content (AvgIpc) is 3.82. The summed E-state index contributed by atoms with van der Waals surface area (Å²) in [6.07, 6.45) is 7.34. The average molecular weight is 947 g/mol. The number of esters is 1. The number of carbonyl (C=O) groups is 1. The third kappa shape index (κ3) is 12.9. The van der Waals surface area contributed by atoms with Crippen LogP contribution in [0.5, 0.6) is 17.2 Å². The lowest BCUT2D eigenvalue weighted by Gasteiger charge is -2.45. The highest BCUT2D eigenvalue weighted by molar-refractivity contribution is 6.99. The molecule has 0 amide bonds. The maximum absolute atomic E-state index is 13.9. The Balaban J connectivity index is 1.49. The molecule has 5 rings (SSSR count). The number of benzene rings is 3. The molecule has 2 aliphatic heterocycles. The first-order valence-corrected chi connectivity index (χ1v) is 31.8. The van der Waals surface area contributed by atoms with E-state index in [2.05, 4.69) is 161 Å². The molecule has 0 N–H and O–H groups in total.